The van der Waals surface area contributed by atoms with Crippen LogP contribution in [0.4, 0.5) is 0 Å². The van der Waals surface area contributed by atoms with Crippen molar-refractivity contribution in [3.8, 4) is 0 Å². The number of aliphatic hydroxyl groups excluding tert-OH is 5. The van der Waals surface area contributed by atoms with E-state index in [0.717, 1.165) is 38.5 Å². The first-order valence-electron chi connectivity index (χ1n) is 31.9. The van der Waals surface area contributed by atoms with Crippen LogP contribution in [-0.4, -0.2) is 87.5 Å². The Hall–Kier alpha value is -1.07. The van der Waals surface area contributed by atoms with E-state index < -0.39 is 49.5 Å². The van der Waals surface area contributed by atoms with Gasteiger partial charge in [-0.25, -0.2) is 0 Å². The highest BCUT2D eigenvalue weighted by Crippen LogP contribution is 2.23. The topological polar surface area (TPSA) is 149 Å². The molecule has 0 aromatic rings. The number of hydrogen-bond acceptors (Lipinski definition) is 8. The summed E-state index contributed by atoms with van der Waals surface area (Å²) in [7, 11) is 0. The summed E-state index contributed by atoms with van der Waals surface area (Å²) in [6.45, 7) is 3.81. The first-order valence-corrected chi connectivity index (χ1v) is 31.9. The van der Waals surface area contributed by atoms with Crippen LogP contribution in [0, 0.1) is 0 Å². The number of unbranched alkanes of at least 4 members (excludes halogenated alkanes) is 46. The standard InChI is InChI=1S/C63H123NO8/c1-3-5-7-9-11-13-15-17-18-19-20-21-22-23-24-25-26-27-28-29-30-31-32-33-34-35-36-37-38-39-41-43-45-47-49-51-53-59(67)64-56(55-71-63-62(70)61(69)60(68)58(54-65)72-63)57(66)52-50-48-46-44-42-40-16-14-12-10-8-6-4-2/h50,52,56-58,60-63,65-66,68-70H,3-49,51,53-55H2,1-2H3,(H,64,67)/b52-50+. The molecule has 7 unspecified atom stereocenters. The summed E-state index contributed by atoms with van der Waals surface area (Å²) in [5.41, 5.74) is 0. The summed E-state index contributed by atoms with van der Waals surface area (Å²) in [6.07, 6.45) is 60.4. The molecule has 1 amide bonds. The van der Waals surface area contributed by atoms with Crippen LogP contribution in [0.1, 0.15) is 328 Å². The lowest BCUT2D eigenvalue weighted by atomic mass is 9.99. The summed E-state index contributed by atoms with van der Waals surface area (Å²) in [5.74, 6) is -0.170. The summed E-state index contributed by atoms with van der Waals surface area (Å²) in [5, 5.41) is 54.4. The van der Waals surface area contributed by atoms with Gasteiger partial charge in [0.15, 0.2) is 6.29 Å². The van der Waals surface area contributed by atoms with Gasteiger partial charge in [0.25, 0.3) is 0 Å². The first-order chi connectivity index (χ1) is 35.3. The van der Waals surface area contributed by atoms with Crippen LogP contribution in [-0.2, 0) is 14.3 Å². The molecule has 0 aromatic heterocycles. The number of amides is 1. The molecule has 1 heterocycles. The number of carbonyl (C=O) groups is 1. The highest BCUT2D eigenvalue weighted by Gasteiger charge is 2.44. The van der Waals surface area contributed by atoms with Gasteiger partial charge in [0.05, 0.1) is 25.4 Å². The Morgan fingerprint density at radius 1 is 0.458 bits per heavy atom. The van der Waals surface area contributed by atoms with Crippen LogP contribution < -0.4 is 5.32 Å². The maximum atomic E-state index is 13.0. The Kier molecular flexibility index (Phi) is 51.1. The van der Waals surface area contributed by atoms with E-state index in [1.165, 1.54) is 270 Å². The number of carbonyl (C=O) groups excluding carboxylic acids is 1. The molecule has 1 saturated heterocycles. The van der Waals surface area contributed by atoms with Crippen LogP contribution >= 0.6 is 0 Å². The van der Waals surface area contributed by atoms with Gasteiger partial charge < -0.3 is 40.3 Å². The number of hydrogen-bond donors (Lipinski definition) is 6. The molecule has 1 aliphatic rings. The molecule has 0 radical (unpaired) electrons. The summed E-state index contributed by atoms with van der Waals surface area (Å²) in [6, 6.07) is -0.800. The van der Waals surface area contributed by atoms with Crippen molar-refractivity contribution in [2.24, 2.45) is 0 Å². The largest absolute Gasteiger partial charge is 0.394 e. The number of rotatable bonds is 56. The second-order valence-corrected chi connectivity index (χ2v) is 22.6. The molecule has 6 N–H and O–H groups in total. The van der Waals surface area contributed by atoms with E-state index in [1.54, 1.807) is 6.08 Å². The van der Waals surface area contributed by atoms with Crippen molar-refractivity contribution in [1.29, 1.82) is 0 Å². The van der Waals surface area contributed by atoms with Crippen molar-refractivity contribution in [2.45, 2.75) is 371 Å². The fraction of sp³-hybridized carbons (Fsp3) is 0.952. The van der Waals surface area contributed by atoms with E-state index in [-0.39, 0.29) is 12.5 Å². The lowest BCUT2D eigenvalue weighted by Gasteiger charge is -2.40. The van der Waals surface area contributed by atoms with Gasteiger partial charge in [-0.15, -0.1) is 0 Å². The highest BCUT2D eigenvalue weighted by atomic mass is 16.7. The van der Waals surface area contributed by atoms with Crippen LogP contribution in [0.5, 0.6) is 0 Å². The Balaban J connectivity index is 2.03. The summed E-state index contributed by atoms with van der Waals surface area (Å²) >= 11 is 0. The van der Waals surface area contributed by atoms with Gasteiger partial charge in [-0.1, -0.05) is 315 Å². The van der Waals surface area contributed by atoms with Gasteiger partial charge in [0.1, 0.15) is 24.4 Å². The van der Waals surface area contributed by atoms with Crippen molar-refractivity contribution in [1.82, 2.24) is 5.32 Å². The average molecular weight is 1020 g/mol. The quantitative estimate of drug-likeness (QED) is 0.0261. The van der Waals surface area contributed by atoms with Gasteiger partial charge in [-0.05, 0) is 19.3 Å². The van der Waals surface area contributed by atoms with E-state index in [4.69, 9.17) is 9.47 Å². The zero-order valence-electron chi connectivity index (χ0n) is 47.7. The minimum Gasteiger partial charge on any atom is -0.394 e. The molecule has 1 fully saturated rings. The first kappa shape index (κ1) is 68.9. The summed E-state index contributed by atoms with van der Waals surface area (Å²) in [4.78, 5) is 13.0. The van der Waals surface area contributed by atoms with Crippen molar-refractivity contribution < 1.29 is 39.8 Å². The maximum absolute atomic E-state index is 13.0. The van der Waals surface area contributed by atoms with E-state index in [0.29, 0.717) is 6.42 Å². The lowest BCUT2D eigenvalue weighted by Crippen LogP contribution is -2.60. The third-order valence-electron chi connectivity index (χ3n) is 15.6. The fourth-order valence-electron chi connectivity index (χ4n) is 10.6. The Bertz CT molecular complexity index is 1140. The molecule has 0 aliphatic carbocycles. The Morgan fingerprint density at radius 2 is 0.764 bits per heavy atom. The molecule has 9 heteroatoms. The van der Waals surface area contributed by atoms with Crippen molar-refractivity contribution >= 4 is 5.91 Å². The van der Waals surface area contributed by atoms with Crippen LogP contribution in [0.2, 0.25) is 0 Å². The zero-order valence-corrected chi connectivity index (χ0v) is 47.7. The predicted octanol–water partition coefficient (Wildman–Crippen LogP) is 16.4. The monoisotopic (exact) mass is 1020 g/mol. The second-order valence-electron chi connectivity index (χ2n) is 22.6. The molecule has 0 saturated carbocycles. The van der Waals surface area contributed by atoms with E-state index >= 15 is 0 Å². The fourth-order valence-corrected chi connectivity index (χ4v) is 10.6. The SMILES string of the molecule is CCCCCCCCCCCCC/C=C/C(O)C(COC1OC(CO)C(O)C(O)C1O)NC(=O)CCCCCCCCCCCCCCCCCCCCCCCCCCCCCCCCCCCCCC. The molecule has 1 rings (SSSR count). The molecule has 428 valence electrons. The molecule has 0 aromatic carbocycles. The molecule has 1 aliphatic heterocycles. The zero-order chi connectivity index (χ0) is 52.2. The molecule has 7 atom stereocenters. The maximum Gasteiger partial charge on any atom is 0.220 e. The molecule has 0 bridgehead atoms. The van der Waals surface area contributed by atoms with Gasteiger partial charge in [0.2, 0.25) is 5.91 Å². The lowest BCUT2D eigenvalue weighted by molar-refractivity contribution is -0.302. The molecular weight excluding hydrogens is 899 g/mol. The van der Waals surface area contributed by atoms with Crippen LogP contribution in [0.15, 0.2) is 12.2 Å². The van der Waals surface area contributed by atoms with Crippen LogP contribution in [0.3, 0.4) is 0 Å². The number of nitrogens with one attached hydrogen (secondary N) is 1. The Labute approximate surface area is 446 Å². The molecular formula is C63H123NO8. The Morgan fingerprint density at radius 3 is 1.08 bits per heavy atom. The molecule has 72 heavy (non-hydrogen) atoms. The number of aliphatic hydroxyl groups is 5. The molecule has 0 spiro atoms. The number of allylic oxidation sites excluding steroid dienone is 1. The third-order valence-corrected chi connectivity index (χ3v) is 15.6. The minimum absolute atomic E-state index is 0.170. The van der Waals surface area contributed by atoms with Gasteiger partial charge in [-0.3, -0.25) is 4.79 Å². The predicted molar refractivity (Wildman–Crippen MR) is 304 cm³/mol. The average Bonchev–Trinajstić information content (AvgIpc) is 3.38. The van der Waals surface area contributed by atoms with E-state index in [1.807, 2.05) is 6.08 Å². The normalized spacial score (nSPS) is 19.1. The number of ether oxygens (including phenoxy) is 2. The van der Waals surface area contributed by atoms with Gasteiger partial charge in [-0.2, -0.15) is 0 Å². The van der Waals surface area contributed by atoms with E-state index in [2.05, 4.69) is 19.2 Å². The van der Waals surface area contributed by atoms with Gasteiger partial charge in [0, 0.05) is 6.42 Å². The van der Waals surface area contributed by atoms with Crippen molar-refractivity contribution in [3.63, 3.8) is 0 Å². The second kappa shape index (κ2) is 53.3. The minimum atomic E-state index is -1.56. The van der Waals surface area contributed by atoms with Crippen molar-refractivity contribution in [3.05, 3.63) is 12.2 Å². The smallest absolute Gasteiger partial charge is 0.220 e. The van der Waals surface area contributed by atoms with Gasteiger partial charge >= 0.3 is 0 Å². The highest BCUT2D eigenvalue weighted by molar-refractivity contribution is 5.76. The molecule has 9 nitrogen and oxygen atoms in total. The third kappa shape index (κ3) is 42.1. The summed E-state index contributed by atoms with van der Waals surface area (Å²) < 4.78 is 11.3. The van der Waals surface area contributed by atoms with E-state index in [9.17, 15) is 30.3 Å². The van der Waals surface area contributed by atoms with Crippen molar-refractivity contribution in [2.75, 3.05) is 13.2 Å². The van der Waals surface area contributed by atoms with Crippen LogP contribution in [0.25, 0.3) is 0 Å².